The van der Waals surface area contributed by atoms with Crippen molar-refractivity contribution in [1.82, 2.24) is 15.5 Å². The van der Waals surface area contributed by atoms with Gasteiger partial charge in [0, 0.05) is 12.6 Å². The third-order valence-corrected chi connectivity index (χ3v) is 6.40. The number of ether oxygens (including phenoxy) is 2. The van der Waals surface area contributed by atoms with Gasteiger partial charge in [-0.1, -0.05) is 30.3 Å². The molecule has 3 rings (SSSR count). The molecule has 1 aromatic heterocycles. The lowest BCUT2D eigenvalue weighted by molar-refractivity contribution is -0.727. The van der Waals surface area contributed by atoms with Gasteiger partial charge in [-0.05, 0) is 37.8 Å². The van der Waals surface area contributed by atoms with Gasteiger partial charge in [0.05, 0.1) is 19.7 Å². The Morgan fingerprint density at radius 3 is 2.50 bits per heavy atom. The Bertz CT molecular complexity index is 1200. The fourth-order valence-corrected chi connectivity index (χ4v) is 4.40. The number of carboxylic acid groups (broad SMARTS) is 1. The Balaban J connectivity index is 0.00000560. The first-order chi connectivity index (χ1) is 18.7. The Labute approximate surface area is 238 Å². The summed E-state index contributed by atoms with van der Waals surface area (Å²) in [6.07, 6.45) is 4.72. The highest BCUT2D eigenvalue weighted by Crippen LogP contribution is 2.32. The van der Waals surface area contributed by atoms with Gasteiger partial charge >= 0.3 is 18.0 Å². The summed E-state index contributed by atoms with van der Waals surface area (Å²) in [6, 6.07) is 10.8. The zero-order chi connectivity index (χ0) is 28.4. The molecule has 2 heterocycles. The molecule has 0 radical (unpaired) electrons. The van der Waals surface area contributed by atoms with Crippen LogP contribution in [-0.2, 0) is 30.6 Å². The number of likely N-dealkylation sites (tertiary alicyclic amines) is 1. The van der Waals surface area contributed by atoms with E-state index in [0.29, 0.717) is 13.0 Å². The minimum absolute atomic E-state index is 0. The molecule has 0 bridgehead atoms. The monoisotopic (exact) mass is 576 g/mol. The summed E-state index contributed by atoms with van der Waals surface area (Å²) >= 11 is 0. The topological polar surface area (TPSA) is 155 Å². The Morgan fingerprint density at radius 2 is 1.82 bits per heavy atom. The number of benzene rings is 1. The van der Waals surface area contributed by atoms with Gasteiger partial charge in [0.1, 0.15) is 17.5 Å². The first-order valence-corrected chi connectivity index (χ1v) is 12.6. The Morgan fingerprint density at radius 1 is 1.10 bits per heavy atom. The molecule has 40 heavy (non-hydrogen) atoms. The number of aliphatic carboxylic acids is 1. The largest absolute Gasteiger partial charge is 1.00 e. The second-order valence-corrected chi connectivity index (χ2v) is 9.12. The molecule has 3 N–H and O–H groups in total. The second-order valence-electron chi connectivity index (χ2n) is 9.12. The van der Waals surface area contributed by atoms with E-state index < -0.39 is 54.4 Å². The highest BCUT2D eigenvalue weighted by atomic mass is 35.5. The highest BCUT2D eigenvalue weighted by molar-refractivity contribution is 5.96. The maximum atomic E-state index is 13.1. The zero-order valence-electron chi connectivity index (χ0n) is 22.2. The average Bonchev–Trinajstić information content (AvgIpc) is 2.95. The molecule has 3 amide bonds. The summed E-state index contributed by atoms with van der Waals surface area (Å²) < 4.78 is 12.1. The number of hydrogen-bond acceptors (Lipinski definition) is 7. The summed E-state index contributed by atoms with van der Waals surface area (Å²) in [5, 5.41) is 13.5. The van der Waals surface area contributed by atoms with Crippen molar-refractivity contribution in [2.75, 3.05) is 20.2 Å². The maximum Gasteiger partial charge on any atom is 0.414 e. The molecule has 0 saturated carbocycles. The van der Waals surface area contributed by atoms with Gasteiger partial charge < -0.3 is 42.5 Å². The number of esters is 1. The van der Waals surface area contributed by atoms with Crippen molar-refractivity contribution in [1.29, 1.82) is 0 Å². The molecule has 12 nitrogen and oxygen atoms in total. The maximum absolute atomic E-state index is 13.1. The molecule has 0 spiro atoms. The van der Waals surface area contributed by atoms with Crippen LogP contribution in [0.15, 0.2) is 54.9 Å². The molecule has 1 aliphatic heterocycles. The van der Waals surface area contributed by atoms with E-state index in [-0.39, 0.29) is 24.7 Å². The number of carbonyl (C=O) groups excluding carboxylic acids is 4. The van der Waals surface area contributed by atoms with E-state index in [0.717, 1.165) is 18.4 Å². The van der Waals surface area contributed by atoms with Gasteiger partial charge in [-0.25, -0.2) is 4.79 Å². The fraction of sp³-hybridized carbons (Fsp3) is 0.407. The van der Waals surface area contributed by atoms with Crippen LogP contribution in [0, 0.1) is 0 Å². The molecule has 1 aromatic carbocycles. The standard InChI is InChI=1S/C27H32N4O8.ClH/c1-18(25(34)35)29-22(32)15-28-24(33)20-11-8-13-30(16-20)17-39-27(37)31-14-7-6-12-21(31)23(26(36)38-2)19-9-4-3-5-10-19;/h3-5,8-11,13,16,18,21,23H,6-7,12,14-15,17H2,1-2H3,(H2-,28,29,32,33,34,35);1H. The van der Waals surface area contributed by atoms with Crippen molar-refractivity contribution in [3.8, 4) is 0 Å². The first kappa shape index (κ1) is 32.0. The van der Waals surface area contributed by atoms with Crippen LogP contribution in [-0.4, -0.2) is 72.1 Å². The highest BCUT2D eigenvalue weighted by Gasteiger charge is 2.39. The lowest BCUT2D eigenvalue weighted by Crippen LogP contribution is -3.00. The molecule has 1 fully saturated rings. The molecule has 1 saturated heterocycles. The molecule has 13 heteroatoms. The number of carboxylic acids is 1. The number of halogens is 1. The van der Waals surface area contributed by atoms with Crippen LogP contribution in [0.1, 0.15) is 48.0 Å². The van der Waals surface area contributed by atoms with Gasteiger partial charge in [-0.15, -0.1) is 0 Å². The summed E-state index contributed by atoms with van der Waals surface area (Å²) in [5.74, 6) is -3.48. The van der Waals surface area contributed by atoms with Crippen molar-refractivity contribution in [2.45, 2.75) is 50.9 Å². The molecular formula is C27H33ClN4O8. The quantitative estimate of drug-likeness (QED) is 0.221. The Kier molecular flexibility index (Phi) is 12.3. The van der Waals surface area contributed by atoms with E-state index in [1.165, 1.54) is 30.9 Å². The Hall–Kier alpha value is -4.19. The van der Waals surface area contributed by atoms with E-state index in [4.69, 9.17) is 14.6 Å². The molecular weight excluding hydrogens is 544 g/mol. The van der Waals surface area contributed by atoms with Crippen LogP contribution in [0.4, 0.5) is 4.79 Å². The molecule has 3 atom stereocenters. The summed E-state index contributed by atoms with van der Waals surface area (Å²) in [6.45, 7) is 1.15. The fourth-order valence-electron chi connectivity index (χ4n) is 4.40. The number of pyridine rings is 1. The predicted molar refractivity (Wildman–Crippen MR) is 136 cm³/mol. The van der Waals surface area contributed by atoms with E-state index in [9.17, 15) is 24.0 Å². The average molecular weight is 577 g/mol. The van der Waals surface area contributed by atoms with Crippen molar-refractivity contribution in [3.05, 3.63) is 66.0 Å². The number of amides is 3. The summed E-state index contributed by atoms with van der Waals surface area (Å²) in [7, 11) is 1.33. The normalized spacial score (nSPS) is 15.9. The van der Waals surface area contributed by atoms with E-state index in [1.807, 2.05) is 30.3 Å². The van der Waals surface area contributed by atoms with Gasteiger partial charge in [-0.3, -0.25) is 19.2 Å². The van der Waals surface area contributed by atoms with E-state index in [1.54, 1.807) is 17.2 Å². The van der Waals surface area contributed by atoms with E-state index >= 15 is 0 Å². The van der Waals surface area contributed by atoms with Crippen LogP contribution in [0.25, 0.3) is 0 Å². The van der Waals surface area contributed by atoms with Gasteiger partial charge in [-0.2, -0.15) is 4.57 Å². The predicted octanol–water partition coefficient (Wildman–Crippen LogP) is -1.80. The number of nitrogens with one attached hydrogen (secondary N) is 2. The number of piperidine rings is 1. The lowest BCUT2D eigenvalue weighted by atomic mass is 9.85. The van der Waals surface area contributed by atoms with Gasteiger partial charge in [0.15, 0.2) is 12.4 Å². The van der Waals surface area contributed by atoms with Crippen molar-refractivity contribution < 1.29 is 55.5 Å². The number of carbonyl (C=O) groups is 5. The summed E-state index contributed by atoms with van der Waals surface area (Å²) in [5.41, 5.74) is 0.964. The van der Waals surface area contributed by atoms with Crippen molar-refractivity contribution in [3.63, 3.8) is 0 Å². The molecule has 1 aliphatic rings. The van der Waals surface area contributed by atoms with Crippen LogP contribution >= 0.6 is 0 Å². The minimum atomic E-state index is -1.19. The second kappa shape index (κ2) is 15.4. The summed E-state index contributed by atoms with van der Waals surface area (Å²) in [4.78, 5) is 62.6. The lowest BCUT2D eigenvalue weighted by Gasteiger charge is -2.38. The minimum Gasteiger partial charge on any atom is -1.00 e. The third-order valence-electron chi connectivity index (χ3n) is 6.40. The third kappa shape index (κ3) is 8.67. The van der Waals surface area contributed by atoms with Gasteiger partial charge in [0.2, 0.25) is 5.91 Å². The SMILES string of the molecule is COC(=O)C(c1ccccc1)C1CCCCN1C(=O)OC[n+]1cccc(C(=O)NCC(=O)NC(C)C(=O)O)c1.[Cl-]. The number of hydrogen-bond donors (Lipinski definition) is 3. The number of aromatic nitrogens is 1. The smallest absolute Gasteiger partial charge is 0.414 e. The van der Waals surface area contributed by atoms with E-state index in [2.05, 4.69) is 10.6 Å². The molecule has 216 valence electrons. The van der Waals surface area contributed by atoms with Crippen LogP contribution in [0.2, 0.25) is 0 Å². The number of nitrogens with zero attached hydrogens (tertiary/aromatic N) is 2. The zero-order valence-corrected chi connectivity index (χ0v) is 23.0. The molecule has 0 aliphatic carbocycles. The van der Waals surface area contributed by atoms with Crippen LogP contribution in [0.3, 0.4) is 0 Å². The van der Waals surface area contributed by atoms with Crippen LogP contribution < -0.4 is 27.6 Å². The molecule has 3 unspecified atom stereocenters. The number of methoxy groups -OCH3 is 1. The van der Waals surface area contributed by atoms with Crippen LogP contribution in [0.5, 0.6) is 0 Å². The van der Waals surface area contributed by atoms with Crippen molar-refractivity contribution in [2.24, 2.45) is 0 Å². The number of rotatable bonds is 10. The molecule has 2 aromatic rings. The first-order valence-electron chi connectivity index (χ1n) is 12.6. The van der Waals surface area contributed by atoms with Gasteiger partial charge in [0.25, 0.3) is 12.6 Å². The van der Waals surface area contributed by atoms with Crippen molar-refractivity contribution >= 4 is 29.8 Å².